The highest BCUT2D eigenvalue weighted by Gasteiger charge is 2.23. The molecule has 0 fully saturated rings. The largest absolute Gasteiger partial charge is 0.480 e. The van der Waals surface area contributed by atoms with Crippen molar-refractivity contribution in [1.29, 1.82) is 5.26 Å². The maximum atomic E-state index is 11.8. The average Bonchev–Trinajstić information content (AvgIpc) is 2.64. The number of ether oxygens (including phenoxy) is 1. The molecule has 0 aromatic heterocycles. The second-order valence-electron chi connectivity index (χ2n) is 6.02. The SMILES string of the molecule is C[C@@H](C#N)C[C@@H](NC(=O)C[C@H](O)CNC(=O)OCc1ccccc1)C(=O)O. The van der Waals surface area contributed by atoms with Crippen molar-refractivity contribution in [2.75, 3.05) is 6.54 Å². The van der Waals surface area contributed by atoms with Gasteiger partial charge in [-0.25, -0.2) is 9.59 Å². The van der Waals surface area contributed by atoms with Crippen molar-refractivity contribution < 1.29 is 29.3 Å². The van der Waals surface area contributed by atoms with E-state index in [1.54, 1.807) is 31.2 Å². The molecular weight excluding hydrogens is 354 g/mol. The van der Waals surface area contributed by atoms with Gasteiger partial charge in [0.1, 0.15) is 12.6 Å². The maximum Gasteiger partial charge on any atom is 0.407 e. The Morgan fingerprint density at radius 2 is 1.93 bits per heavy atom. The summed E-state index contributed by atoms with van der Waals surface area (Å²) in [6.07, 6.45) is -2.40. The standard InChI is InChI=1S/C18H23N3O6/c1-12(9-19)7-15(17(24)25)21-16(23)8-14(22)10-20-18(26)27-11-13-5-3-2-4-6-13/h2-6,12,14-15,22H,7-8,10-11H2,1H3,(H,20,26)(H,21,23)(H,24,25)/t12-,14+,15-/m1/s1. The fourth-order valence-corrected chi connectivity index (χ4v) is 2.14. The van der Waals surface area contributed by atoms with Crippen LogP contribution in [0.4, 0.5) is 4.79 Å². The van der Waals surface area contributed by atoms with Crippen LogP contribution in [0.5, 0.6) is 0 Å². The minimum Gasteiger partial charge on any atom is -0.480 e. The van der Waals surface area contributed by atoms with Crippen LogP contribution in [0.3, 0.4) is 0 Å². The quantitative estimate of drug-likeness (QED) is 0.471. The van der Waals surface area contributed by atoms with Crippen LogP contribution < -0.4 is 10.6 Å². The number of aliphatic hydroxyl groups is 1. The molecule has 0 saturated carbocycles. The third kappa shape index (κ3) is 9.23. The van der Waals surface area contributed by atoms with E-state index in [4.69, 9.17) is 15.1 Å². The van der Waals surface area contributed by atoms with Gasteiger partial charge in [-0.3, -0.25) is 4.79 Å². The predicted molar refractivity (Wildman–Crippen MR) is 94.2 cm³/mol. The summed E-state index contributed by atoms with van der Waals surface area (Å²) in [4.78, 5) is 34.5. The van der Waals surface area contributed by atoms with Crippen LogP contribution in [0.2, 0.25) is 0 Å². The number of aliphatic carboxylic acids is 1. The molecule has 9 nitrogen and oxygen atoms in total. The molecule has 4 N–H and O–H groups in total. The molecule has 0 aliphatic rings. The molecule has 1 rings (SSSR count). The molecule has 0 radical (unpaired) electrons. The van der Waals surface area contributed by atoms with E-state index in [2.05, 4.69) is 10.6 Å². The van der Waals surface area contributed by atoms with Crippen LogP contribution in [-0.4, -0.2) is 46.9 Å². The molecule has 0 unspecified atom stereocenters. The summed E-state index contributed by atoms with van der Waals surface area (Å²) in [5.74, 6) is -2.50. The molecule has 1 aromatic carbocycles. The number of alkyl carbamates (subject to hydrolysis) is 1. The van der Waals surface area contributed by atoms with Crippen LogP contribution in [0.25, 0.3) is 0 Å². The normalized spacial score (nSPS) is 13.5. The maximum absolute atomic E-state index is 11.8. The van der Waals surface area contributed by atoms with Gasteiger partial charge in [0.25, 0.3) is 0 Å². The topological polar surface area (TPSA) is 149 Å². The summed E-state index contributed by atoms with van der Waals surface area (Å²) in [5, 5.41) is 32.2. The Labute approximate surface area is 156 Å². The number of nitrogens with one attached hydrogen (secondary N) is 2. The van der Waals surface area contributed by atoms with Gasteiger partial charge in [-0.2, -0.15) is 5.26 Å². The average molecular weight is 377 g/mol. The van der Waals surface area contributed by atoms with Crippen LogP contribution in [0, 0.1) is 17.2 Å². The van der Waals surface area contributed by atoms with E-state index in [1.165, 1.54) is 0 Å². The number of carboxylic acids is 1. The number of nitriles is 1. The van der Waals surface area contributed by atoms with Gasteiger partial charge in [-0.15, -0.1) is 0 Å². The van der Waals surface area contributed by atoms with E-state index in [-0.39, 0.29) is 19.6 Å². The molecular formula is C18H23N3O6. The van der Waals surface area contributed by atoms with Gasteiger partial charge in [-0.1, -0.05) is 30.3 Å². The number of amides is 2. The summed E-state index contributed by atoms with van der Waals surface area (Å²) in [5.41, 5.74) is 0.805. The summed E-state index contributed by atoms with van der Waals surface area (Å²) >= 11 is 0. The molecule has 0 aliphatic heterocycles. The summed E-state index contributed by atoms with van der Waals surface area (Å²) in [6, 6.07) is 9.70. The van der Waals surface area contributed by atoms with Crippen LogP contribution in [0.1, 0.15) is 25.3 Å². The molecule has 27 heavy (non-hydrogen) atoms. The predicted octanol–water partition coefficient (Wildman–Crippen LogP) is 0.783. The molecule has 1 aromatic rings. The van der Waals surface area contributed by atoms with E-state index in [0.29, 0.717) is 0 Å². The van der Waals surface area contributed by atoms with Gasteiger partial charge in [-0.05, 0) is 18.9 Å². The monoisotopic (exact) mass is 377 g/mol. The lowest BCUT2D eigenvalue weighted by atomic mass is 10.0. The molecule has 2 amide bonds. The van der Waals surface area contributed by atoms with Crippen molar-refractivity contribution in [3.63, 3.8) is 0 Å². The van der Waals surface area contributed by atoms with Gasteiger partial charge in [0.2, 0.25) is 5.91 Å². The summed E-state index contributed by atoms with van der Waals surface area (Å²) in [6.45, 7) is 1.38. The molecule has 0 saturated heterocycles. The minimum atomic E-state index is -1.26. The number of carbonyl (C=O) groups excluding carboxylic acids is 2. The Kier molecular flexibility index (Phi) is 9.33. The molecule has 146 valence electrons. The van der Waals surface area contributed by atoms with Crippen molar-refractivity contribution in [3.05, 3.63) is 35.9 Å². The smallest absolute Gasteiger partial charge is 0.407 e. The lowest BCUT2D eigenvalue weighted by Crippen LogP contribution is -2.44. The molecule has 3 atom stereocenters. The lowest BCUT2D eigenvalue weighted by Gasteiger charge is -2.17. The van der Waals surface area contributed by atoms with E-state index in [9.17, 15) is 19.5 Å². The number of hydrogen-bond acceptors (Lipinski definition) is 6. The van der Waals surface area contributed by atoms with E-state index in [1.807, 2.05) is 12.1 Å². The number of carbonyl (C=O) groups is 3. The molecule has 0 bridgehead atoms. The van der Waals surface area contributed by atoms with Crippen molar-refractivity contribution in [1.82, 2.24) is 10.6 Å². The van der Waals surface area contributed by atoms with Crippen LogP contribution >= 0.6 is 0 Å². The Balaban J connectivity index is 2.32. The minimum absolute atomic E-state index is 0.0439. The van der Waals surface area contributed by atoms with E-state index in [0.717, 1.165) is 5.56 Å². The Morgan fingerprint density at radius 3 is 2.52 bits per heavy atom. The van der Waals surface area contributed by atoms with Gasteiger partial charge >= 0.3 is 12.1 Å². The molecule has 0 heterocycles. The zero-order valence-electron chi connectivity index (χ0n) is 14.9. The number of rotatable bonds is 10. The number of carboxylic acid groups (broad SMARTS) is 1. The van der Waals surface area contributed by atoms with Gasteiger partial charge in [0, 0.05) is 12.5 Å². The third-order valence-electron chi connectivity index (χ3n) is 3.56. The molecule has 0 spiro atoms. The summed E-state index contributed by atoms with van der Waals surface area (Å²) < 4.78 is 4.97. The Hall–Kier alpha value is -3.12. The first kappa shape index (κ1) is 21.9. The Bertz CT molecular complexity index is 673. The highest BCUT2D eigenvalue weighted by atomic mass is 16.5. The van der Waals surface area contributed by atoms with Gasteiger partial charge in [0.05, 0.1) is 18.6 Å². The van der Waals surface area contributed by atoms with Crippen molar-refractivity contribution in [2.24, 2.45) is 5.92 Å². The van der Waals surface area contributed by atoms with Gasteiger partial charge < -0.3 is 25.6 Å². The highest BCUT2D eigenvalue weighted by Crippen LogP contribution is 2.06. The zero-order valence-corrected chi connectivity index (χ0v) is 14.9. The number of benzene rings is 1. The third-order valence-corrected chi connectivity index (χ3v) is 3.56. The van der Waals surface area contributed by atoms with Crippen molar-refractivity contribution >= 4 is 18.0 Å². The number of nitrogens with zero attached hydrogens (tertiary/aromatic N) is 1. The first-order chi connectivity index (χ1) is 12.8. The molecule has 0 aliphatic carbocycles. The number of aliphatic hydroxyl groups excluding tert-OH is 1. The van der Waals surface area contributed by atoms with Crippen LogP contribution in [-0.2, 0) is 20.9 Å². The lowest BCUT2D eigenvalue weighted by molar-refractivity contribution is -0.142. The second kappa shape index (κ2) is 11.5. The fraction of sp³-hybridized carbons (Fsp3) is 0.444. The van der Waals surface area contributed by atoms with Crippen molar-refractivity contribution in [3.8, 4) is 6.07 Å². The second-order valence-corrected chi connectivity index (χ2v) is 6.02. The summed E-state index contributed by atoms with van der Waals surface area (Å²) in [7, 11) is 0. The number of hydrogen-bond donors (Lipinski definition) is 4. The van der Waals surface area contributed by atoms with Gasteiger partial charge in [0.15, 0.2) is 0 Å². The van der Waals surface area contributed by atoms with E-state index >= 15 is 0 Å². The fourth-order valence-electron chi connectivity index (χ4n) is 2.14. The first-order valence-corrected chi connectivity index (χ1v) is 8.36. The molecule has 9 heteroatoms. The van der Waals surface area contributed by atoms with Crippen molar-refractivity contribution in [2.45, 2.75) is 38.5 Å². The van der Waals surface area contributed by atoms with E-state index < -0.39 is 42.5 Å². The van der Waals surface area contributed by atoms with Crippen LogP contribution in [0.15, 0.2) is 30.3 Å². The Morgan fingerprint density at radius 1 is 1.26 bits per heavy atom. The first-order valence-electron chi connectivity index (χ1n) is 8.36. The zero-order chi connectivity index (χ0) is 20.2. The highest BCUT2D eigenvalue weighted by molar-refractivity contribution is 5.83.